The summed E-state index contributed by atoms with van der Waals surface area (Å²) < 4.78 is 35.2. The van der Waals surface area contributed by atoms with Crippen LogP contribution in [0, 0.1) is 6.92 Å². The van der Waals surface area contributed by atoms with E-state index in [2.05, 4.69) is 5.32 Å². The van der Waals surface area contributed by atoms with E-state index in [-0.39, 0.29) is 30.0 Å². The molecular formula is C29H34N4O4S. The van der Waals surface area contributed by atoms with Gasteiger partial charge in [-0.05, 0) is 41.5 Å². The number of anilines is 1. The van der Waals surface area contributed by atoms with E-state index in [1.807, 2.05) is 82.3 Å². The minimum atomic E-state index is -3.97. The molecule has 0 aliphatic carbocycles. The van der Waals surface area contributed by atoms with Crippen LogP contribution >= 0.6 is 0 Å². The number of para-hydroxylation sites is 1. The number of amides is 1. The van der Waals surface area contributed by atoms with Gasteiger partial charge < -0.3 is 10.1 Å². The molecule has 1 N–H and O–H groups in total. The van der Waals surface area contributed by atoms with E-state index in [4.69, 9.17) is 9.84 Å². The summed E-state index contributed by atoms with van der Waals surface area (Å²) in [5, 5.41) is 9.42. The number of methoxy groups -OCH3 is 1. The number of fused-ring (bicyclic) bond motifs is 1. The molecule has 3 aromatic carbocycles. The Morgan fingerprint density at radius 1 is 1.00 bits per heavy atom. The normalized spacial score (nSPS) is 12.3. The minimum absolute atomic E-state index is 0.0311. The molecule has 0 unspecified atom stereocenters. The fourth-order valence-electron chi connectivity index (χ4n) is 4.12. The topological polar surface area (TPSA) is 93.5 Å². The van der Waals surface area contributed by atoms with Crippen LogP contribution in [0.2, 0.25) is 0 Å². The van der Waals surface area contributed by atoms with Gasteiger partial charge in [0.2, 0.25) is 15.9 Å². The quantitative estimate of drug-likeness (QED) is 0.329. The standard InChI is InChI=1S/C29H34N4O4S/c1-21-10-6-9-13-25(21)33-27(19-26(31-33)29(2,3)4)30-28(34)20-32(16-17-37-5)38(35,36)24-15-14-22-11-7-8-12-23(22)18-24/h6-15,18-19H,16-17,20H2,1-5H3,(H,30,34). The van der Waals surface area contributed by atoms with Crippen molar-refractivity contribution in [1.29, 1.82) is 0 Å². The summed E-state index contributed by atoms with van der Waals surface area (Å²) in [6.45, 7) is 7.92. The van der Waals surface area contributed by atoms with E-state index >= 15 is 0 Å². The van der Waals surface area contributed by atoms with Crippen LogP contribution in [0.25, 0.3) is 16.5 Å². The summed E-state index contributed by atoms with van der Waals surface area (Å²) in [6, 6.07) is 22.1. The van der Waals surface area contributed by atoms with Gasteiger partial charge in [-0.3, -0.25) is 4.79 Å². The van der Waals surface area contributed by atoms with Crippen LogP contribution in [0.4, 0.5) is 5.82 Å². The van der Waals surface area contributed by atoms with Crippen molar-refractivity contribution in [2.75, 3.05) is 32.1 Å². The molecule has 4 rings (SSSR count). The number of hydrogen-bond donors (Lipinski definition) is 1. The zero-order chi connectivity index (χ0) is 27.5. The maximum atomic E-state index is 13.6. The number of aryl methyl sites for hydroxylation is 1. The van der Waals surface area contributed by atoms with E-state index in [0.29, 0.717) is 5.82 Å². The summed E-state index contributed by atoms with van der Waals surface area (Å²) >= 11 is 0. The number of hydrogen-bond acceptors (Lipinski definition) is 5. The van der Waals surface area contributed by atoms with Gasteiger partial charge in [0.05, 0.1) is 29.4 Å². The number of carbonyl (C=O) groups is 1. The van der Waals surface area contributed by atoms with E-state index in [1.54, 1.807) is 22.9 Å². The Morgan fingerprint density at radius 2 is 1.68 bits per heavy atom. The SMILES string of the molecule is COCCN(CC(=O)Nc1cc(C(C)(C)C)nn1-c1ccccc1C)S(=O)(=O)c1ccc2ccccc2c1. The van der Waals surface area contributed by atoms with E-state index in [9.17, 15) is 13.2 Å². The molecule has 0 radical (unpaired) electrons. The molecule has 0 spiro atoms. The van der Waals surface area contributed by atoms with Gasteiger partial charge in [-0.2, -0.15) is 9.40 Å². The summed E-state index contributed by atoms with van der Waals surface area (Å²) in [5.41, 5.74) is 2.37. The summed E-state index contributed by atoms with van der Waals surface area (Å²) in [4.78, 5) is 13.4. The first-order chi connectivity index (χ1) is 18.0. The zero-order valence-electron chi connectivity index (χ0n) is 22.4. The molecule has 0 saturated heterocycles. The van der Waals surface area contributed by atoms with Gasteiger partial charge in [0.1, 0.15) is 5.82 Å². The van der Waals surface area contributed by atoms with Crippen LogP contribution in [0.5, 0.6) is 0 Å². The van der Waals surface area contributed by atoms with Crippen molar-refractivity contribution >= 4 is 32.5 Å². The molecule has 0 aliphatic heterocycles. The Morgan fingerprint density at radius 3 is 2.37 bits per heavy atom. The van der Waals surface area contributed by atoms with Gasteiger partial charge in [-0.1, -0.05) is 69.3 Å². The largest absolute Gasteiger partial charge is 0.383 e. The molecule has 0 atom stereocenters. The number of nitrogens with zero attached hydrogens (tertiary/aromatic N) is 3. The molecule has 38 heavy (non-hydrogen) atoms. The van der Waals surface area contributed by atoms with E-state index < -0.39 is 15.9 Å². The first kappa shape index (κ1) is 27.5. The Balaban J connectivity index is 1.64. The van der Waals surface area contributed by atoms with Crippen molar-refractivity contribution in [3.05, 3.63) is 84.1 Å². The number of benzene rings is 3. The van der Waals surface area contributed by atoms with Crippen LogP contribution in [-0.4, -0.2) is 55.2 Å². The smallest absolute Gasteiger partial charge is 0.243 e. The lowest BCUT2D eigenvalue weighted by Crippen LogP contribution is -2.40. The van der Waals surface area contributed by atoms with Crippen LogP contribution < -0.4 is 5.32 Å². The molecule has 200 valence electrons. The molecule has 0 saturated carbocycles. The summed E-state index contributed by atoms with van der Waals surface area (Å²) in [5.74, 6) is 0.00433. The fraction of sp³-hybridized carbons (Fsp3) is 0.310. The van der Waals surface area contributed by atoms with Crippen LogP contribution in [0.15, 0.2) is 77.7 Å². The number of sulfonamides is 1. The Labute approximate surface area is 224 Å². The Bertz CT molecular complexity index is 1550. The first-order valence-corrected chi connectivity index (χ1v) is 13.9. The third-order valence-electron chi connectivity index (χ3n) is 6.31. The van der Waals surface area contributed by atoms with Crippen LogP contribution in [0.1, 0.15) is 32.0 Å². The Kier molecular flexibility index (Phi) is 8.01. The van der Waals surface area contributed by atoms with Crippen molar-refractivity contribution in [3.63, 3.8) is 0 Å². The maximum Gasteiger partial charge on any atom is 0.243 e. The van der Waals surface area contributed by atoms with Crippen LogP contribution in [0.3, 0.4) is 0 Å². The van der Waals surface area contributed by atoms with Gasteiger partial charge in [-0.15, -0.1) is 0 Å². The minimum Gasteiger partial charge on any atom is -0.383 e. The first-order valence-electron chi connectivity index (χ1n) is 12.4. The highest BCUT2D eigenvalue weighted by molar-refractivity contribution is 7.89. The van der Waals surface area contributed by atoms with Gasteiger partial charge in [0, 0.05) is 25.1 Å². The lowest BCUT2D eigenvalue weighted by atomic mass is 9.92. The molecule has 9 heteroatoms. The zero-order valence-corrected chi connectivity index (χ0v) is 23.2. The second-order valence-electron chi connectivity index (χ2n) is 10.3. The number of nitrogens with one attached hydrogen (secondary N) is 1. The van der Waals surface area contributed by atoms with Crippen molar-refractivity contribution in [2.45, 2.75) is 38.0 Å². The molecule has 1 amide bonds. The lowest BCUT2D eigenvalue weighted by Gasteiger charge is -2.22. The van der Waals surface area contributed by atoms with Crippen molar-refractivity contribution in [1.82, 2.24) is 14.1 Å². The number of aromatic nitrogens is 2. The predicted octanol–water partition coefficient (Wildman–Crippen LogP) is 4.91. The summed E-state index contributed by atoms with van der Waals surface area (Å²) in [6.07, 6.45) is 0. The average Bonchev–Trinajstić information content (AvgIpc) is 3.30. The fourth-order valence-corrected chi connectivity index (χ4v) is 5.53. The van der Waals surface area contributed by atoms with E-state index in [0.717, 1.165) is 32.0 Å². The van der Waals surface area contributed by atoms with Gasteiger partial charge >= 0.3 is 0 Å². The van der Waals surface area contributed by atoms with Crippen molar-refractivity contribution < 1.29 is 17.9 Å². The number of carbonyl (C=O) groups excluding carboxylic acids is 1. The molecule has 1 heterocycles. The highest BCUT2D eigenvalue weighted by Crippen LogP contribution is 2.28. The summed E-state index contributed by atoms with van der Waals surface area (Å²) in [7, 11) is -2.47. The predicted molar refractivity (Wildman–Crippen MR) is 150 cm³/mol. The molecular weight excluding hydrogens is 500 g/mol. The lowest BCUT2D eigenvalue weighted by molar-refractivity contribution is -0.116. The highest BCUT2D eigenvalue weighted by Gasteiger charge is 2.28. The second kappa shape index (κ2) is 11.1. The third-order valence-corrected chi connectivity index (χ3v) is 8.15. The average molecular weight is 535 g/mol. The monoisotopic (exact) mass is 534 g/mol. The van der Waals surface area contributed by atoms with Crippen LogP contribution in [-0.2, 0) is 25.0 Å². The number of ether oxygens (including phenoxy) is 1. The molecule has 0 fully saturated rings. The highest BCUT2D eigenvalue weighted by atomic mass is 32.2. The van der Waals surface area contributed by atoms with Gasteiger partial charge in [-0.25, -0.2) is 13.1 Å². The molecule has 0 aliphatic rings. The molecule has 0 bridgehead atoms. The van der Waals surface area contributed by atoms with E-state index in [1.165, 1.54) is 7.11 Å². The molecule has 4 aromatic rings. The van der Waals surface area contributed by atoms with Crippen molar-refractivity contribution in [3.8, 4) is 5.69 Å². The van der Waals surface area contributed by atoms with Gasteiger partial charge in [0.25, 0.3) is 0 Å². The number of rotatable bonds is 9. The van der Waals surface area contributed by atoms with Crippen molar-refractivity contribution in [2.24, 2.45) is 0 Å². The Hall–Kier alpha value is -3.53. The second-order valence-corrected chi connectivity index (χ2v) is 12.2. The molecule has 1 aromatic heterocycles. The van der Waals surface area contributed by atoms with Gasteiger partial charge in [0.15, 0.2) is 0 Å². The maximum absolute atomic E-state index is 13.6. The molecule has 8 nitrogen and oxygen atoms in total. The third kappa shape index (κ3) is 5.96.